The molecule has 1 amide bonds. The maximum Gasteiger partial charge on any atom is 0.339 e. The number of para-hydroxylation sites is 1. The van der Waals surface area contributed by atoms with Crippen molar-refractivity contribution in [3.05, 3.63) is 70.9 Å². The molecule has 0 radical (unpaired) electrons. The van der Waals surface area contributed by atoms with E-state index in [2.05, 4.69) is 16.4 Å². The van der Waals surface area contributed by atoms with Crippen LogP contribution in [0.25, 0.3) is 10.9 Å². The lowest BCUT2D eigenvalue weighted by atomic mass is 10.1. The van der Waals surface area contributed by atoms with Gasteiger partial charge < -0.3 is 10.1 Å². The number of ether oxygens (including phenoxy) is 1. The highest BCUT2D eigenvalue weighted by Crippen LogP contribution is 2.25. The zero-order valence-corrected chi connectivity index (χ0v) is 16.0. The number of esters is 1. The van der Waals surface area contributed by atoms with Crippen LogP contribution in [0.2, 0.25) is 0 Å². The van der Waals surface area contributed by atoms with Crippen LogP contribution in [0.4, 0.5) is 5.69 Å². The van der Waals surface area contributed by atoms with Crippen LogP contribution >= 0.6 is 0 Å². The number of pyridine rings is 1. The SMILES string of the molecule is Cc1cc(C(=O)O[C@@H](C)C(=O)Nc2ccc3c(c2)CCC3)c2ccccc2n1. The summed E-state index contributed by atoms with van der Waals surface area (Å²) in [6.07, 6.45) is 2.38. The maximum absolute atomic E-state index is 12.7. The van der Waals surface area contributed by atoms with Crippen LogP contribution in [0.3, 0.4) is 0 Å². The molecule has 4 rings (SSSR count). The topological polar surface area (TPSA) is 68.3 Å². The molecule has 28 heavy (non-hydrogen) atoms. The van der Waals surface area contributed by atoms with Gasteiger partial charge in [-0.2, -0.15) is 0 Å². The van der Waals surface area contributed by atoms with Gasteiger partial charge in [-0.05, 0) is 68.5 Å². The number of carbonyl (C=O) groups is 2. The molecule has 0 bridgehead atoms. The first kappa shape index (κ1) is 18.2. The van der Waals surface area contributed by atoms with E-state index in [0.717, 1.165) is 36.2 Å². The van der Waals surface area contributed by atoms with E-state index < -0.39 is 12.1 Å². The summed E-state index contributed by atoms with van der Waals surface area (Å²) in [7, 11) is 0. The Morgan fingerprint density at radius 2 is 1.86 bits per heavy atom. The lowest BCUT2D eigenvalue weighted by molar-refractivity contribution is -0.123. The molecule has 3 aromatic rings. The fraction of sp³-hybridized carbons (Fsp3) is 0.261. The Bertz CT molecular complexity index is 1070. The Labute approximate surface area is 163 Å². The fourth-order valence-corrected chi connectivity index (χ4v) is 3.65. The number of nitrogens with one attached hydrogen (secondary N) is 1. The quantitative estimate of drug-likeness (QED) is 0.695. The number of fused-ring (bicyclic) bond motifs is 2. The van der Waals surface area contributed by atoms with Crippen LogP contribution < -0.4 is 5.32 Å². The molecule has 1 aliphatic rings. The van der Waals surface area contributed by atoms with Crippen molar-refractivity contribution < 1.29 is 14.3 Å². The van der Waals surface area contributed by atoms with Gasteiger partial charge in [-0.15, -0.1) is 0 Å². The summed E-state index contributed by atoms with van der Waals surface area (Å²) in [5.41, 5.74) is 5.23. The molecule has 142 valence electrons. The number of carbonyl (C=O) groups excluding carboxylic acids is 2. The molecule has 0 unspecified atom stereocenters. The lowest BCUT2D eigenvalue weighted by Gasteiger charge is -2.15. The lowest BCUT2D eigenvalue weighted by Crippen LogP contribution is -2.30. The van der Waals surface area contributed by atoms with Gasteiger partial charge in [0.2, 0.25) is 0 Å². The summed E-state index contributed by atoms with van der Waals surface area (Å²) >= 11 is 0. The van der Waals surface area contributed by atoms with Crippen molar-refractivity contribution in [2.24, 2.45) is 0 Å². The van der Waals surface area contributed by atoms with Gasteiger partial charge in [-0.3, -0.25) is 9.78 Å². The second-order valence-corrected chi connectivity index (χ2v) is 7.20. The predicted molar refractivity (Wildman–Crippen MR) is 108 cm³/mol. The number of nitrogens with zero attached hydrogens (tertiary/aromatic N) is 1. The molecule has 0 fully saturated rings. The van der Waals surface area contributed by atoms with Crippen molar-refractivity contribution in [2.75, 3.05) is 5.32 Å². The number of rotatable bonds is 4. The number of hydrogen-bond donors (Lipinski definition) is 1. The molecule has 1 aromatic heterocycles. The number of amides is 1. The molecule has 0 saturated carbocycles. The molecule has 0 saturated heterocycles. The zero-order valence-electron chi connectivity index (χ0n) is 16.0. The zero-order chi connectivity index (χ0) is 19.7. The first-order valence-electron chi connectivity index (χ1n) is 9.51. The summed E-state index contributed by atoms with van der Waals surface area (Å²) in [5, 5.41) is 3.56. The first-order valence-corrected chi connectivity index (χ1v) is 9.51. The Kier molecular flexibility index (Phi) is 4.82. The predicted octanol–water partition coefficient (Wildman–Crippen LogP) is 4.22. The molecule has 0 aliphatic heterocycles. The molecule has 1 heterocycles. The van der Waals surface area contributed by atoms with Crippen LogP contribution in [-0.4, -0.2) is 23.0 Å². The third-order valence-electron chi connectivity index (χ3n) is 5.08. The van der Waals surface area contributed by atoms with Crippen molar-refractivity contribution >= 4 is 28.5 Å². The van der Waals surface area contributed by atoms with Crippen molar-refractivity contribution in [2.45, 2.75) is 39.2 Å². The Morgan fingerprint density at radius 3 is 2.71 bits per heavy atom. The van der Waals surface area contributed by atoms with Crippen molar-refractivity contribution in [3.63, 3.8) is 0 Å². The maximum atomic E-state index is 12.7. The number of anilines is 1. The molecule has 2 aromatic carbocycles. The minimum Gasteiger partial charge on any atom is -0.449 e. The van der Waals surface area contributed by atoms with Gasteiger partial charge in [0.1, 0.15) is 0 Å². The molecule has 1 aliphatic carbocycles. The highest BCUT2D eigenvalue weighted by atomic mass is 16.5. The summed E-state index contributed by atoms with van der Waals surface area (Å²) in [6.45, 7) is 3.41. The van der Waals surface area contributed by atoms with Crippen molar-refractivity contribution in [1.29, 1.82) is 0 Å². The minimum absolute atomic E-state index is 0.346. The van der Waals surface area contributed by atoms with Crippen LogP contribution in [0.5, 0.6) is 0 Å². The highest BCUT2D eigenvalue weighted by Gasteiger charge is 2.21. The van der Waals surface area contributed by atoms with E-state index in [0.29, 0.717) is 10.9 Å². The third-order valence-corrected chi connectivity index (χ3v) is 5.08. The molecular weight excluding hydrogens is 352 g/mol. The minimum atomic E-state index is -0.909. The summed E-state index contributed by atoms with van der Waals surface area (Å²) < 4.78 is 5.45. The van der Waals surface area contributed by atoms with Gasteiger partial charge in [-0.1, -0.05) is 24.3 Å². The number of aromatic nitrogens is 1. The van der Waals surface area contributed by atoms with E-state index in [1.165, 1.54) is 11.1 Å². The fourth-order valence-electron chi connectivity index (χ4n) is 3.65. The Balaban J connectivity index is 1.48. The van der Waals surface area contributed by atoms with Crippen LogP contribution in [-0.2, 0) is 22.4 Å². The number of benzene rings is 2. The van der Waals surface area contributed by atoms with E-state index in [1.54, 1.807) is 13.0 Å². The van der Waals surface area contributed by atoms with Gasteiger partial charge in [0, 0.05) is 16.8 Å². The smallest absolute Gasteiger partial charge is 0.339 e. The van der Waals surface area contributed by atoms with E-state index in [4.69, 9.17) is 4.74 Å². The Morgan fingerprint density at radius 1 is 1.07 bits per heavy atom. The molecule has 1 atom stereocenters. The normalized spacial score (nSPS) is 13.8. The van der Waals surface area contributed by atoms with Gasteiger partial charge in [0.05, 0.1) is 11.1 Å². The molecule has 1 N–H and O–H groups in total. The van der Waals surface area contributed by atoms with Gasteiger partial charge in [-0.25, -0.2) is 4.79 Å². The monoisotopic (exact) mass is 374 g/mol. The van der Waals surface area contributed by atoms with Crippen LogP contribution in [0.1, 0.15) is 40.5 Å². The second-order valence-electron chi connectivity index (χ2n) is 7.20. The average Bonchev–Trinajstić information content (AvgIpc) is 3.15. The van der Waals surface area contributed by atoms with E-state index in [-0.39, 0.29) is 5.91 Å². The molecular formula is C23H22N2O3. The van der Waals surface area contributed by atoms with Gasteiger partial charge in [0.15, 0.2) is 6.10 Å². The van der Waals surface area contributed by atoms with Crippen molar-refractivity contribution in [1.82, 2.24) is 4.98 Å². The average molecular weight is 374 g/mol. The van der Waals surface area contributed by atoms with Crippen molar-refractivity contribution in [3.8, 4) is 0 Å². The van der Waals surface area contributed by atoms with Gasteiger partial charge >= 0.3 is 5.97 Å². The largest absolute Gasteiger partial charge is 0.449 e. The van der Waals surface area contributed by atoms with Crippen LogP contribution in [0, 0.1) is 6.92 Å². The Hall–Kier alpha value is -3.21. The standard InChI is InChI=1S/C23H22N2O3/c1-14-12-20(19-8-3-4-9-21(19)24-14)23(27)28-15(2)22(26)25-18-11-10-16-6-5-7-17(16)13-18/h3-4,8-13,15H,5-7H2,1-2H3,(H,25,26)/t15-/m0/s1. The summed E-state index contributed by atoms with van der Waals surface area (Å²) in [6, 6.07) is 15.1. The summed E-state index contributed by atoms with van der Waals surface area (Å²) in [5.74, 6) is -0.875. The van der Waals surface area contributed by atoms with E-state index in [1.807, 2.05) is 43.3 Å². The van der Waals surface area contributed by atoms with Crippen LogP contribution in [0.15, 0.2) is 48.5 Å². The molecule has 0 spiro atoms. The third kappa shape index (κ3) is 3.60. The first-order chi connectivity index (χ1) is 13.5. The number of aryl methyl sites for hydroxylation is 3. The number of hydrogen-bond acceptors (Lipinski definition) is 4. The second kappa shape index (κ2) is 7.43. The van der Waals surface area contributed by atoms with Gasteiger partial charge in [0.25, 0.3) is 5.91 Å². The van der Waals surface area contributed by atoms with E-state index in [9.17, 15) is 9.59 Å². The van der Waals surface area contributed by atoms with E-state index >= 15 is 0 Å². The summed E-state index contributed by atoms with van der Waals surface area (Å²) in [4.78, 5) is 29.6. The molecule has 5 heteroatoms. The molecule has 5 nitrogen and oxygen atoms in total. The highest BCUT2D eigenvalue weighted by molar-refractivity contribution is 6.05.